The van der Waals surface area contributed by atoms with Crippen LogP contribution in [0.4, 0.5) is 0 Å². The molecule has 106 valence electrons. The summed E-state index contributed by atoms with van der Waals surface area (Å²) in [5.74, 6) is 0. The van der Waals surface area contributed by atoms with E-state index in [4.69, 9.17) is 5.73 Å². The van der Waals surface area contributed by atoms with Crippen molar-refractivity contribution in [2.24, 2.45) is 5.73 Å². The summed E-state index contributed by atoms with van der Waals surface area (Å²) in [6.45, 7) is 6.23. The molecule has 21 heavy (non-hydrogen) atoms. The first-order valence-electron chi connectivity index (χ1n) is 7.24. The molecule has 1 unspecified atom stereocenters. The quantitative estimate of drug-likeness (QED) is 0.761. The highest BCUT2D eigenvalue weighted by Gasteiger charge is 2.12. The van der Waals surface area contributed by atoms with Gasteiger partial charge in [0.05, 0.1) is 11.6 Å². The third kappa shape index (κ3) is 2.67. The van der Waals surface area contributed by atoms with Crippen LogP contribution in [-0.2, 0) is 0 Å². The number of nitrogens with two attached hydrogens (primary N) is 1. The molecule has 1 atom stereocenters. The lowest BCUT2D eigenvalue weighted by atomic mass is 9.94. The van der Waals surface area contributed by atoms with Gasteiger partial charge in [-0.3, -0.25) is 4.98 Å². The molecule has 0 radical (unpaired) electrons. The van der Waals surface area contributed by atoms with E-state index in [2.05, 4.69) is 61.3 Å². The minimum absolute atomic E-state index is 0.101. The van der Waals surface area contributed by atoms with Crippen molar-refractivity contribution in [2.75, 3.05) is 0 Å². The Kier molecular flexibility index (Phi) is 3.48. The Balaban J connectivity index is 2.04. The summed E-state index contributed by atoms with van der Waals surface area (Å²) in [4.78, 5) is 4.54. The zero-order valence-corrected chi connectivity index (χ0v) is 12.7. The van der Waals surface area contributed by atoms with Crippen LogP contribution in [0.5, 0.6) is 0 Å². The first kappa shape index (κ1) is 13.8. The maximum absolute atomic E-state index is 6.47. The van der Waals surface area contributed by atoms with Crippen molar-refractivity contribution < 1.29 is 0 Å². The lowest BCUT2D eigenvalue weighted by Crippen LogP contribution is -2.13. The van der Waals surface area contributed by atoms with Gasteiger partial charge in [-0.05, 0) is 55.7 Å². The zero-order valence-electron chi connectivity index (χ0n) is 12.7. The van der Waals surface area contributed by atoms with Crippen molar-refractivity contribution in [3.8, 4) is 0 Å². The van der Waals surface area contributed by atoms with Crippen molar-refractivity contribution in [2.45, 2.75) is 26.8 Å². The first-order valence-corrected chi connectivity index (χ1v) is 7.24. The van der Waals surface area contributed by atoms with Crippen molar-refractivity contribution in [1.82, 2.24) is 4.98 Å². The van der Waals surface area contributed by atoms with E-state index in [0.717, 1.165) is 22.2 Å². The third-order valence-electron chi connectivity index (χ3n) is 3.97. The van der Waals surface area contributed by atoms with E-state index in [1.54, 1.807) is 0 Å². The number of rotatable bonds is 2. The maximum atomic E-state index is 6.47. The van der Waals surface area contributed by atoms with E-state index in [1.165, 1.54) is 16.7 Å². The summed E-state index contributed by atoms with van der Waals surface area (Å²) >= 11 is 0. The molecule has 1 heterocycles. The number of aromatic nitrogens is 1. The summed E-state index contributed by atoms with van der Waals surface area (Å²) in [5.41, 5.74) is 13.3. The number of fused-ring (bicyclic) bond motifs is 1. The van der Waals surface area contributed by atoms with E-state index < -0.39 is 0 Å². The summed E-state index contributed by atoms with van der Waals surface area (Å²) < 4.78 is 0. The smallest absolute Gasteiger partial charge is 0.0705 e. The molecule has 0 aliphatic heterocycles. The lowest BCUT2D eigenvalue weighted by Gasteiger charge is -2.16. The second kappa shape index (κ2) is 5.30. The van der Waals surface area contributed by atoms with Gasteiger partial charge in [0.25, 0.3) is 0 Å². The van der Waals surface area contributed by atoms with Crippen molar-refractivity contribution >= 4 is 10.9 Å². The molecule has 0 bridgehead atoms. The van der Waals surface area contributed by atoms with E-state index in [0.29, 0.717) is 0 Å². The summed E-state index contributed by atoms with van der Waals surface area (Å²) in [6.07, 6.45) is 0. The normalized spacial score (nSPS) is 12.6. The van der Waals surface area contributed by atoms with Crippen LogP contribution in [-0.4, -0.2) is 4.98 Å². The Labute approximate surface area is 125 Å². The fourth-order valence-corrected chi connectivity index (χ4v) is 2.79. The van der Waals surface area contributed by atoms with Gasteiger partial charge in [-0.15, -0.1) is 0 Å². The van der Waals surface area contributed by atoms with Gasteiger partial charge in [-0.1, -0.05) is 35.9 Å². The van der Waals surface area contributed by atoms with Gasteiger partial charge in [0, 0.05) is 11.1 Å². The molecule has 0 spiro atoms. The molecular weight excluding hydrogens is 256 g/mol. The number of hydrogen-bond acceptors (Lipinski definition) is 2. The molecule has 2 N–H and O–H groups in total. The van der Waals surface area contributed by atoms with E-state index in [9.17, 15) is 0 Å². The van der Waals surface area contributed by atoms with Crippen molar-refractivity contribution in [3.05, 3.63) is 76.5 Å². The van der Waals surface area contributed by atoms with E-state index in [-0.39, 0.29) is 6.04 Å². The molecule has 2 nitrogen and oxygen atoms in total. The van der Waals surface area contributed by atoms with Crippen molar-refractivity contribution in [3.63, 3.8) is 0 Å². The van der Waals surface area contributed by atoms with Gasteiger partial charge in [0.1, 0.15) is 0 Å². The van der Waals surface area contributed by atoms with Crippen LogP contribution in [0, 0.1) is 20.8 Å². The van der Waals surface area contributed by atoms with Crippen molar-refractivity contribution in [1.29, 1.82) is 0 Å². The second-order valence-electron chi connectivity index (χ2n) is 5.74. The highest BCUT2D eigenvalue weighted by Crippen LogP contribution is 2.26. The molecule has 3 rings (SSSR count). The largest absolute Gasteiger partial charge is 0.320 e. The van der Waals surface area contributed by atoms with Crippen LogP contribution in [0.15, 0.2) is 48.5 Å². The molecule has 0 saturated heterocycles. The van der Waals surface area contributed by atoms with Gasteiger partial charge < -0.3 is 5.73 Å². The minimum atomic E-state index is -0.101. The van der Waals surface area contributed by atoms with Crippen LogP contribution in [0.3, 0.4) is 0 Å². The monoisotopic (exact) mass is 276 g/mol. The maximum Gasteiger partial charge on any atom is 0.0705 e. The van der Waals surface area contributed by atoms with Gasteiger partial charge in [-0.25, -0.2) is 0 Å². The third-order valence-corrected chi connectivity index (χ3v) is 3.97. The molecule has 0 aliphatic rings. The average molecular weight is 276 g/mol. The van der Waals surface area contributed by atoms with Crippen LogP contribution >= 0.6 is 0 Å². The fourth-order valence-electron chi connectivity index (χ4n) is 2.79. The standard InChI is InChI=1S/C19H20N2/c1-12-4-8-17(13(2)10-12)19(20)16-7-9-18-15(11-16)6-5-14(3)21-18/h4-11,19H,20H2,1-3H3. The first-order chi connectivity index (χ1) is 10.0. The molecule has 2 aromatic carbocycles. The van der Waals surface area contributed by atoms with Gasteiger partial charge >= 0.3 is 0 Å². The Morgan fingerprint density at radius 2 is 1.71 bits per heavy atom. The Hall–Kier alpha value is -2.19. The molecule has 1 aromatic heterocycles. The minimum Gasteiger partial charge on any atom is -0.320 e. The second-order valence-corrected chi connectivity index (χ2v) is 5.74. The lowest BCUT2D eigenvalue weighted by molar-refractivity contribution is 0.862. The van der Waals surface area contributed by atoms with Crippen LogP contribution in [0.2, 0.25) is 0 Å². The average Bonchev–Trinajstić information content (AvgIpc) is 2.46. The Morgan fingerprint density at radius 1 is 0.905 bits per heavy atom. The Morgan fingerprint density at radius 3 is 2.48 bits per heavy atom. The van der Waals surface area contributed by atoms with Crippen LogP contribution in [0.25, 0.3) is 10.9 Å². The molecule has 0 saturated carbocycles. The zero-order chi connectivity index (χ0) is 15.0. The molecular formula is C19H20N2. The fraction of sp³-hybridized carbons (Fsp3) is 0.211. The molecule has 0 amide bonds. The van der Waals surface area contributed by atoms with Gasteiger partial charge in [-0.2, -0.15) is 0 Å². The number of pyridine rings is 1. The van der Waals surface area contributed by atoms with Gasteiger partial charge in [0.2, 0.25) is 0 Å². The molecule has 0 aliphatic carbocycles. The van der Waals surface area contributed by atoms with Gasteiger partial charge in [0.15, 0.2) is 0 Å². The number of nitrogens with zero attached hydrogens (tertiary/aromatic N) is 1. The summed E-state index contributed by atoms with van der Waals surface area (Å²) in [6, 6.07) is 16.8. The number of hydrogen-bond donors (Lipinski definition) is 1. The summed E-state index contributed by atoms with van der Waals surface area (Å²) in [5, 5.41) is 1.14. The summed E-state index contributed by atoms with van der Waals surface area (Å²) in [7, 11) is 0. The number of benzene rings is 2. The highest BCUT2D eigenvalue weighted by molar-refractivity contribution is 5.79. The molecule has 0 fully saturated rings. The Bertz CT molecular complexity index is 806. The molecule has 2 heteroatoms. The predicted molar refractivity (Wildman–Crippen MR) is 88.4 cm³/mol. The SMILES string of the molecule is Cc1ccc(C(N)c2ccc3nc(C)ccc3c2)c(C)c1. The van der Waals surface area contributed by atoms with E-state index >= 15 is 0 Å². The highest BCUT2D eigenvalue weighted by atomic mass is 14.7. The molecule has 3 aromatic rings. The van der Waals surface area contributed by atoms with E-state index in [1.807, 2.05) is 13.0 Å². The topological polar surface area (TPSA) is 38.9 Å². The van der Waals surface area contributed by atoms with Crippen LogP contribution < -0.4 is 5.73 Å². The van der Waals surface area contributed by atoms with Crippen LogP contribution in [0.1, 0.15) is 34.0 Å². The number of aryl methyl sites for hydroxylation is 3. The predicted octanol–water partition coefficient (Wildman–Crippen LogP) is 4.21.